The van der Waals surface area contributed by atoms with Gasteiger partial charge in [-0.05, 0) is 25.5 Å². The molecule has 0 radical (unpaired) electrons. The Morgan fingerprint density at radius 3 is 3.09 bits per heavy atom. The molecule has 1 aliphatic heterocycles. The van der Waals surface area contributed by atoms with E-state index in [1.165, 1.54) is 11.1 Å². The molecule has 2 rings (SSSR count). The van der Waals surface area contributed by atoms with E-state index in [0.717, 1.165) is 6.61 Å². The molecule has 0 fully saturated rings. The first kappa shape index (κ1) is 6.80. The Labute approximate surface area is 66.2 Å². The summed E-state index contributed by atoms with van der Waals surface area (Å²) in [5, 5.41) is 0. The number of rotatable bonds is 0. The molecule has 0 aliphatic carbocycles. The zero-order chi connectivity index (χ0) is 7.90. The van der Waals surface area contributed by atoms with Gasteiger partial charge in [-0.2, -0.15) is 0 Å². The third kappa shape index (κ3) is 0.942. The molecule has 2 heteroatoms. The molecule has 0 spiro atoms. The topological polar surface area (TPSA) is 22.1 Å². The van der Waals surface area contributed by atoms with Crippen LogP contribution in [0.15, 0.2) is 18.5 Å². The Morgan fingerprint density at radius 2 is 2.36 bits per heavy atom. The lowest BCUT2D eigenvalue weighted by Gasteiger charge is -2.17. The molecule has 0 amide bonds. The van der Waals surface area contributed by atoms with Gasteiger partial charge in [0.05, 0.1) is 12.2 Å². The highest BCUT2D eigenvalue weighted by atomic mass is 16.5. The van der Waals surface area contributed by atoms with Crippen molar-refractivity contribution in [2.45, 2.75) is 26.1 Å². The molecule has 0 unspecified atom stereocenters. The number of hydrogen-bond acceptors (Lipinski definition) is 2. The molecule has 11 heavy (non-hydrogen) atoms. The van der Waals surface area contributed by atoms with Gasteiger partial charge in [-0.3, -0.25) is 4.98 Å². The molecule has 0 aromatic carbocycles. The highest BCUT2D eigenvalue weighted by molar-refractivity contribution is 5.30. The maximum absolute atomic E-state index is 5.57. The molecular weight excluding hydrogens is 138 g/mol. The minimum atomic E-state index is -0.135. The predicted octanol–water partition coefficient (Wildman–Crippen LogP) is 1.85. The van der Waals surface area contributed by atoms with E-state index < -0.39 is 0 Å². The molecule has 58 valence electrons. The van der Waals surface area contributed by atoms with Gasteiger partial charge in [0.1, 0.15) is 0 Å². The summed E-state index contributed by atoms with van der Waals surface area (Å²) in [6, 6.07) is 2.02. The Kier molecular flexibility index (Phi) is 1.26. The van der Waals surface area contributed by atoms with E-state index in [1.807, 2.05) is 18.5 Å². The Balaban J connectivity index is 2.56. The Morgan fingerprint density at radius 1 is 1.55 bits per heavy atom. The van der Waals surface area contributed by atoms with Crippen LogP contribution in [-0.4, -0.2) is 4.98 Å². The van der Waals surface area contributed by atoms with Gasteiger partial charge in [0.2, 0.25) is 0 Å². The number of nitrogens with zero attached hydrogens (tertiary/aromatic N) is 1. The molecule has 2 nitrogen and oxygen atoms in total. The van der Waals surface area contributed by atoms with E-state index in [1.54, 1.807) is 0 Å². The van der Waals surface area contributed by atoms with Crippen molar-refractivity contribution in [3.63, 3.8) is 0 Å². The van der Waals surface area contributed by atoms with Crippen molar-refractivity contribution in [1.82, 2.24) is 4.98 Å². The maximum Gasteiger partial charge on any atom is 0.0898 e. The molecule has 1 aromatic heterocycles. The van der Waals surface area contributed by atoms with Crippen LogP contribution in [0.4, 0.5) is 0 Å². The van der Waals surface area contributed by atoms with Crippen LogP contribution < -0.4 is 0 Å². The summed E-state index contributed by atoms with van der Waals surface area (Å²) in [4.78, 5) is 4.07. The van der Waals surface area contributed by atoms with Crippen LogP contribution in [0.2, 0.25) is 0 Å². The zero-order valence-corrected chi connectivity index (χ0v) is 6.79. The largest absolute Gasteiger partial charge is 0.366 e. The maximum atomic E-state index is 5.57. The van der Waals surface area contributed by atoms with E-state index in [4.69, 9.17) is 4.74 Å². The second kappa shape index (κ2) is 2.05. The molecule has 2 heterocycles. The third-order valence-corrected chi connectivity index (χ3v) is 2.15. The fourth-order valence-corrected chi connectivity index (χ4v) is 1.43. The van der Waals surface area contributed by atoms with Gasteiger partial charge in [-0.15, -0.1) is 0 Å². The molecule has 0 saturated carbocycles. The predicted molar refractivity (Wildman–Crippen MR) is 42.1 cm³/mol. The van der Waals surface area contributed by atoms with E-state index in [2.05, 4.69) is 18.8 Å². The highest BCUT2D eigenvalue weighted by Crippen LogP contribution is 2.34. The second-order valence-corrected chi connectivity index (χ2v) is 3.33. The van der Waals surface area contributed by atoms with Crippen molar-refractivity contribution in [2.75, 3.05) is 0 Å². The van der Waals surface area contributed by atoms with Crippen molar-refractivity contribution in [3.05, 3.63) is 29.6 Å². The number of ether oxygens (including phenoxy) is 1. The van der Waals surface area contributed by atoms with E-state index >= 15 is 0 Å². The van der Waals surface area contributed by atoms with Crippen LogP contribution in [0.3, 0.4) is 0 Å². The normalized spacial score (nSPS) is 19.8. The van der Waals surface area contributed by atoms with Crippen LogP contribution in [-0.2, 0) is 16.9 Å². The number of aromatic nitrogens is 1. The summed E-state index contributed by atoms with van der Waals surface area (Å²) in [6.45, 7) is 4.87. The first-order valence-electron chi connectivity index (χ1n) is 3.77. The van der Waals surface area contributed by atoms with Gasteiger partial charge >= 0.3 is 0 Å². The van der Waals surface area contributed by atoms with Crippen molar-refractivity contribution >= 4 is 0 Å². The average molecular weight is 149 g/mol. The van der Waals surface area contributed by atoms with Gasteiger partial charge < -0.3 is 4.74 Å². The molecule has 1 aromatic rings. The molecule has 0 saturated heterocycles. The van der Waals surface area contributed by atoms with Crippen molar-refractivity contribution in [2.24, 2.45) is 0 Å². The van der Waals surface area contributed by atoms with Crippen LogP contribution >= 0.6 is 0 Å². The Hall–Kier alpha value is -0.890. The van der Waals surface area contributed by atoms with Gasteiger partial charge in [0, 0.05) is 18.0 Å². The van der Waals surface area contributed by atoms with Gasteiger partial charge in [0.25, 0.3) is 0 Å². The first-order chi connectivity index (χ1) is 5.20. The van der Waals surface area contributed by atoms with Crippen LogP contribution in [0, 0.1) is 0 Å². The standard InChI is InChI=1S/C9H11NO/c1-9(2)8-5-10-4-3-7(8)6-11-9/h3-5H,6H2,1-2H3. The average Bonchev–Trinajstić information content (AvgIpc) is 2.29. The second-order valence-electron chi connectivity index (χ2n) is 3.33. The molecule has 1 aliphatic rings. The van der Waals surface area contributed by atoms with Crippen LogP contribution in [0.5, 0.6) is 0 Å². The summed E-state index contributed by atoms with van der Waals surface area (Å²) in [6.07, 6.45) is 3.70. The molecule has 0 N–H and O–H groups in total. The van der Waals surface area contributed by atoms with Gasteiger partial charge in [-0.25, -0.2) is 0 Å². The lowest BCUT2D eigenvalue weighted by molar-refractivity contribution is -0.00800. The van der Waals surface area contributed by atoms with Gasteiger partial charge in [0.15, 0.2) is 0 Å². The van der Waals surface area contributed by atoms with E-state index in [-0.39, 0.29) is 5.60 Å². The van der Waals surface area contributed by atoms with Crippen molar-refractivity contribution < 1.29 is 4.74 Å². The minimum Gasteiger partial charge on any atom is -0.366 e. The van der Waals surface area contributed by atoms with Crippen molar-refractivity contribution in [1.29, 1.82) is 0 Å². The number of fused-ring (bicyclic) bond motifs is 1. The fourth-order valence-electron chi connectivity index (χ4n) is 1.43. The minimum absolute atomic E-state index is 0.135. The number of hydrogen-bond donors (Lipinski definition) is 0. The summed E-state index contributed by atoms with van der Waals surface area (Å²) in [7, 11) is 0. The monoisotopic (exact) mass is 149 g/mol. The Bertz CT molecular complexity index is 281. The van der Waals surface area contributed by atoms with Crippen molar-refractivity contribution in [3.8, 4) is 0 Å². The van der Waals surface area contributed by atoms with E-state index in [9.17, 15) is 0 Å². The van der Waals surface area contributed by atoms with E-state index in [0.29, 0.717) is 0 Å². The van der Waals surface area contributed by atoms with Crippen LogP contribution in [0.25, 0.3) is 0 Å². The smallest absolute Gasteiger partial charge is 0.0898 e. The third-order valence-electron chi connectivity index (χ3n) is 2.15. The van der Waals surface area contributed by atoms with Gasteiger partial charge in [-0.1, -0.05) is 0 Å². The molecule has 0 bridgehead atoms. The first-order valence-corrected chi connectivity index (χ1v) is 3.77. The molecule has 0 atom stereocenters. The fraction of sp³-hybridized carbons (Fsp3) is 0.444. The summed E-state index contributed by atoms with van der Waals surface area (Å²) < 4.78 is 5.57. The zero-order valence-electron chi connectivity index (χ0n) is 6.79. The lowest BCUT2D eigenvalue weighted by atomic mass is 9.99. The molecular formula is C9H11NO. The lowest BCUT2D eigenvalue weighted by Crippen LogP contribution is -2.14. The quantitative estimate of drug-likeness (QED) is 0.561. The summed E-state index contributed by atoms with van der Waals surface area (Å²) >= 11 is 0. The summed E-state index contributed by atoms with van der Waals surface area (Å²) in [5.74, 6) is 0. The highest BCUT2D eigenvalue weighted by Gasteiger charge is 2.30. The summed E-state index contributed by atoms with van der Waals surface area (Å²) in [5.41, 5.74) is 2.36. The number of pyridine rings is 1. The SMILES string of the molecule is CC1(C)OCc2ccncc21. The van der Waals surface area contributed by atoms with Crippen LogP contribution in [0.1, 0.15) is 25.0 Å².